The van der Waals surface area contributed by atoms with Crippen LogP contribution >= 0.6 is 23.4 Å². The van der Waals surface area contributed by atoms with Crippen molar-refractivity contribution in [2.24, 2.45) is 0 Å². The molecule has 2 aromatic carbocycles. The minimum atomic E-state index is -2.75. The lowest BCUT2D eigenvalue weighted by Crippen LogP contribution is -2.43. The number of thioether (sulfide) groups is 1. The van der Waals surface area contributed by atoms with E-state index in [-0.39, 0.29) is 51.1 Å². The van der Waals surface area contributed by atoms with E-state index < -0.39 is 29.0 Å². The number of nitrogens with one attached hydrogen (secondary N) is 1. The number of carbonyl (C=O) groups is 2. The third kappa shape index (κ3) is 4.74. The summed E-state index contributed by atoms with van der Waals surface area (Å²) >= 11 is 6.11. The number of carbonyl (C=O) groups excluding carboxylic acids is 2. The summed E-state index contributed by atoms with van der Waals surface area (Å²) in [7, 11) is 0. The lowest BCUT2D eigenvalue weighted by atomic mass is 10.2. The number of nitro benzene ring substituents is 1. The number of hydrogen-bond acceptors (Lipinski definition) is 6. The van der Waals surface area contributed by atoms with E-state index in [1.54, 1.807) is 0 Å². The van der Waals surface area contributed by atoms with Crippen molar-refractivity contribution >= 4 is 52.2 Å². The van der Waals surface area contributed by atoms with Gasteiger partial charge >= 0.3 is 0 Å². The first-order chi connectivity index (χ1) is 13.8. The van der Waals surface area contributed by atoms with Crippen LogP contribution in [0.5, 0.6) is 5.75 Å². The molecule has 12 heteroatoms. The SMILES string of the molecule is O=C(CN1C(=O)COc2ccc([N+](=O)[O-])cc21)Nc1cccc(Cl)c1SC(F)F. The number of halogens is 3. The summed E-state index contributed by atoms with van der Waals surface area (Å²) in [5, 5.41) is 13.5. The molecule has 2 aromatic rings. The highest BCUT2D eigenvalue weighted by Gasteiger charge is 2.29. The average molecular weight is 444 g/mol. The van der Waals surface area contributed by atoms with Crippen LogP contribution in [0.4, 0.5) is 25.8 Å². The molecule has 152 valence electrons. The number of benzene rings is 2. The van der Waals surface area contributed by atoms with Gasteiger partial charge in [-0.25, -0.2) is 0 Å². The van der Waals surface area contributed by atoms with Crippen LogP contribution in [0, 0.1) is 10.1 Å². The van der Waals surface area contributed by atoms with Crippen LogP contribution < -0.4 is 15.0 Å². The van der Waals surface area contributed by atoms with Crippen molar-refractivity contribution in [1.82, 2.24) is 0 Å². The van der Waals surface area contributed by atoms with Crippen molar-refractivity contribution in [3.63, 3.8) is 0 Å². The molecule has 1 aliphatic rings. The molecule has 0 fully saturated rings. The summed E-state index contributed by atoms with van der Waals surface area (Å²) in [6, 6.07) is 7.95. The Morgan fingerprint density at radius 2 is 2.14 bits per heavy atom. The largest absolute Gasteiger partial charge is 0.482 e. The van der Waals surface area contributed by atoms with Gasteiger partial charge in [0.25, 0.3) is 17.4 Å². The van der Waals surface area contributed by atoms with E-state index in [0.29, 0.717) is 0 Å². The number of non-ortho nitro benzene ring substituents is 1. The molecule has 0 saturated carbocycles. The summed E-state index contributed by atoms with van der Waals surface area (Å²) in [6.07, 6.45) is 0. The molecule has 0 spiro atoms. The van der Waals surface area contributed by atoms with Crippen molar-refractivity contribution in [2.75, 3.05) is 23.4 Å². The molecule has 0 atom stereocenters. The molecule has 0 unspecified atom stereocenters. The summed E-state index contributed by atoms with van der Waals surface area (Å²) < 4.78 is 30.8. The van der Waals surface area contributed by atoms with Gasteiger partial charge in [0.1, 0.15) is 12.3 Å². The zero-order chi connectivity index (χ0) is 21.1. The van der Waals surface area contributed by atoms with E-state index in [9.17, 15) is 28.5 Å². The monoisotopic (exact) mass is 443 g/mol. The Morgan fingerprint density at radius 3 is 2.83 bits per heavy atom. The fourth-order valence-corrected chi connectivity index (χ4v) is 3.54. The number of nitrogens with zero attached hydrogens (tertiary/aromatic N) is 2. The number of nitro groups is 1. The van der Waals surface area contributed by atoms with Crippen LogP contribution in [-0.4, -0.2) is 35.6 Å². The van der Waals surface area contributed by atoms with E-state index >= 15 is 0 Å². The normalized spacial score (nSPS) is 13.1. The first-order valence-corrected chi connectivity index (χ1v) is 9.27. The lowest BCUT2D eigenvalue weighted by Gasteiger charge is -2.28. The second-order valence-corrected chi connectivity index (χ2v) is 7.13. The number of rotatable bonds is 6. The van der Waals surface area contributed by atoms with Crippen molar-refractivity contribution in [1.29, 1.82) is 0 Å². The number of anilines is 2. The first kappa shape index (κ1) is 20.8. The van der Waals surface area contributed by atoms with Gasteiger partial charge in [-0.05, 0) is 18.2 Å². The van der Waals surface area contributed by atoms with Gasteiger partial charge < -0.3 is 10.1 Å². The maximum Gasteiger partial charge on any atom is 0.289 e. The molecule has 0 aliphatic carbocycles. The Kier molecular flexibility index (Phi) is 6.18. The molecule has 29 heavy (non-hydrogen) atoms. The van der Waals surface area contributed by atoms with Crippen LogP contribution in [-0.2, 0) is 9.59 Å². The highest BCUT2D eigenvalue weighted by atomic mass is 35.5. The smallest absolute Gasteiger partial charge is 0.289 e. The topological polar surface area (TPSA) is 102 Å². The zero-order valence-electron chi connectivity index (χ0n) is 14.4. The Labute approximate surface area is 171 Å². The zero-order valence-corrected chi connectivity index (χ0v) is 16.0. The summed E-state index contributed by atoms with van der Waals surface area (Å²) in [5.41, 5.74) is -0.149. The van der Waals surface area contributed by atoms with Gasteiger partial charge in [-0.2, -0.15) is 8.78 Å². The molecular formula is C17H12ClF2N3O5S. The van der Waals surface area contributed by atoms with Gasteiger partial charge in [-0.3, -0.25) is 24.6 Å². The molecule has 1 heterocycles. The fraction of sp³-hybridized carbons (Fsp3) is 0.176. The van der Waals surface area contributed by atoms with Gasteiger partial charge in [-0.15, -0.1) is 0 Å². The van der Waals surface area contributed by atoms with Gasteiger partial charge in [0, 0.05) is 12.1 Å². The molecule has 0 bridgehead atoms. The average Bonchev–Trinajstić information content (AvgIpc) is 2.66. The molecule has 1 N–H and O–H groups in total. The lowest BCUT2D eigenvalue weighted by molar-refractivity contribution is -0.384. The van der Waals surface area contributed by atoms with E-state index in [0.717, 1.165) is 11.0 Å². The predicted octanol–water partition coefficient (Wildman–Crippen LogP) is 3.93. The Bertz CT molecular complexity index is 992. The quantitative estimate of drug-likeness (QED) is 0.412. The molecule has 8 nitrogen and oxygen atoms in total. The van der Waals surface area contributed by atoms with Crippen LogP contribution in [0.3, 0.4) is 0 Å². The molecule has 3 rings (SSSR count). The van der Waals surface area contributed by atoms with Crippen molar-refractivity contribution in [3.8, 4) is 5.75 Å². The molecule has 0 radical (unpaired) electrons. The van der Waals surface area contributed by atoms with Crippen LogP contribution in [0.1, 0.15) is 0 Å². The van der Waals surface area contributed by atoms with E-state index in [1.807, 2.05) is 0 Å². The molecule has 0 aromatic heterocycles. The summed E-state index contributed by atoms with van der Waals surface area (Å²) in [6.45, 7) is -0.844. The number of hydrogen-bond donors (Lipinski definition) is 1. The Morgan fingerprint density at radius 1 is 1.38 bits per heavy atom. The summed E-state index contributed by atoms with van der Waals surface area (Å²) in [5.74, 6) is -3.82. The number of amides is 2. The van der Waals surface area contributed by atoms with E-state index in [4.69, 9.17) is 16.3 Å². The van der Waals surface area contributed by atoms with E-state index in [1.165, 1.54) is 30.3 Å². The highest BCUT2D eigenvalue weighted by molar-refractivity contribution is 7.99. The number of ether oxygens (including phenoxy) is 1. The van der Waals surface area contributed by atoms with Gasteiger partial charge in [0.15, 0.2) is 6.61 Å². The van der Waals surface area contributed by atoms with Crippen LogP contribution in [0.2, 0.25) is 5.02 Å². The minimum Gasteiger partial charge on any atom is -0.482 e. The van der Waals surface area contributed by atoms with Crippen molar-refractivity contribution in [3.05, 3.63) is 51.5 Å². The highest BCUT2D eigenvalue weighted by Crippen LogP contribution is 2.38. The number of fused-ring (bicyclic) bond motifs is 1. The van der Waals surface area contributed by atoms with Crippen molar-refractivity contribution in [2.45, 2.75) is 10.7 Å². The first-order valence-electron chi connectivity index (χ1n) is 8.01. The standard InChI is InChI=1S/C17H12ClF2N3O5S/c18-10-2-1-3-11(16(10)29-17(19)20)21-14(24)7-22-12-6-9(23(26)27)4-5-13(12)28-8-15(22)25/h1-6,17H,7-8H2,(H,21,24). The van der Waals surface area contributed by atoms with Crippen molar-refractivity contribution < 1.29 is 28.0 Å². The van der Waals surface area contributed by atoms with Crippen LogP contribution in [0.25, 0.3) is 0 Å². The third-order valence-corrected chi connectivity index (χ3v) is 5.13. The molecular weight excluding hydrogens is 432 g/mol. The molecule has 0 saturated heterocycles. The third-order valence-electron chi connectivity index (χ3n) is 3.85. The maximum atomic E-state index is 12.8. The second-order valence-electron chi connectivity index (χ2n) is 5.72. The van der Waals surface area contributed by atoms with Gasteiger partial charge in [-0.1, -0.05) is 29.4 Å². The minimum absolute atomic E-state index is 0.0122. The van der Waals surface area contributed by atoms with Gasteiger partial charge in [0.05, 0.1) is 26.2 Å². The Balaban J connectivity index is 1.83. The predicted molar refractivity (Wildman–Crippen MR) is 103 cm³/mol. The molecule has 1 aliphatic heterocycles. The van der Waals surface area contributed by atoms with Crippen LogP contribution in [0.15, 0.2) is 41.3 Å². The maximum absolute atomic E-state index is 12.8. The summed E-state index contributed by atoms with van der Waals surface area (Å²) in [4.78, 5) is 36.1. The Hall–Kier alpha value is -2.92. The molecule has 2 amide bonds. The second kappa shape index (κ2) is 8.62. The van der Waals surface area contributed by atoms with Gasteiger partial charge in [0.2, 0.25) is 5.91 Å². The number of alkyl halides is 2. The van der Waals surface area contributed by atoms with E-state index in [2.05, 4.69) is 5.32 Å². The fourth-order valence-electron chi connectivity index (χ4n) is 2.63.